The summed E-state index contributed by atoms with van der Waals surface area (Å²) in [6.07, 6.45) is 24.1. The Morgan fingerprint density at radius 1 is 0.714 bits per heavy atom. The van der Waals surface area contributed by atoms with Crippen molar-refractivity contribution >= 4 is 15.4 Å². The largest absolute Gasteiger partial charge is 0.415 e. The average Bonchev–Trinajstić information content (AvgIpc) is 2.64. The molecule has 1 rings (SSSR count). The van der Waals surface area contributed by atoms with Gasteiger partial charge in [0.25, 0.3) is 0 Å². The minimum Gasteiger partial charge on any atom is -0.415 e. The number of allylic oxidation sites excluding steroid dienone is 2. The lowest BCUT2D eigenvalue weighted by atomic mass is 9.87. The SMILES string of the molecule is C=CCCCCCCCC1(CCCCCCCC=C)CC[Si](C)(C)[Si](C)(C)O1. The first-order valence-electron chi connectivity index (χ1n) is 12.2. The molecule has 1 saturated heterocycles. The molecule has 1 aliphatic rings. The second-order valence-corrected chi connectivity index (χ2v) is 25.5. The van der Waals surface area contributed by atoms with E-state index in [-0.39, 0.29) is 5.60 Å². The molecular formula is C25H50OSi2. The monoisotopic (exact) mass is 422 g/mol. The summed E-state index contributed by atoms with van der Waals surface area (Å²) in [7, 11) is -2.66. The fraction of sp³-hybridized carbons (Fsp3) is 0.840. The topological polar surface area (TPSA) is 9.23 Å². The van der Waals surface area contributed by atoms with Crippen molar-refractivity contribution in [3.8, 4) is 0 Å². The van der Waals surface area contributed by atoms with E-state index in [0.29, 0.717) is 0 Å². The lowest BCUT2D eigenvalue weighted by Gasteiger charge is -2.52. The van der Waals surface area contributed by atoms with Crippen LogP contribution in [0.25, 0.3) is 0 Å². The number of rotatable bonds is 16. The number of unbranched alkanes of at least 4 members (excludes halogenated alkanes) is 10. The van der Waals surface area contributed by atoms with Crippen molar-refractivity contribution in [1.29, 1.82) is 0 Å². The van der Waals surface area contributed by atoms with Crippen molar-refractivity contribution in [2.75, 3.05) is 0 Å². The van der Waals surface area contributed by atoms with Gasteiger partial charge in [0, 0.05) is 0 Å². The quantitative estimate of drug-likeness (QED) is 0.137. The van der Waals surface area contributed by atoms with E-state index in [2.05, 4.69) is 51.5 Å². The Morgan fingerprint density at radius 3 is 1.57 bits per heavy atom. The van der Waals surface area contributed by atoms with Gasteiger partial charge in [0.2, 0.25) is 0 Å². The van der Waals surface area contributed by atoms with Crippen LogP contribution in [-0.4, -0.2) is 21.0 Å². The molecule has 0 aromatic rings. The normalized spacial score (nSPS) is 20.0. The van der Waals surface area contributed by atoms with Gasteiger partial charge in [-0.2, -0.15) is 0 Å². The van der Waals surface area contributed by atoms with Gasteiger partial charge in [0.1, 0.15) is 0 Å². The van der Waals surface area contributed by atoms with Gasteiger partial charge >= 0.3 is 0 Å². The van der Waals surface area contributed by atoms with Gasteiger partial charge in [-0.05, 0) is 58.0 Å². The minimum absolute atomic E-state index is 0.223. The van der Waals surface area contributed by atoms with E-state index in [9.17, 15) is 0 Å². The molecule has 1 nitrogen and oxygen atoms in total. The predicted octanol–water partition coefficient (Wildman–Crippen LogP) is 8.97. The second kappa shape index (κ2) is 13.2. The smallest absolute Gasteiger partial charge is 0.174 e. The summed E-state index contributed by atoms with van der Waals surface area (Å²) in [6.45, 7) is 17.9. The summed E-state index contributed by atoms with van der Waals surface area (Å²) >= 11 is 0. The fourth-order valence-electron chi connectivity index (χ4n) is 4.58. The van der Waals surface area contributed by atoms with Crippen LogP contribution in [0.5, 0.6) is 0 Å². The standard InChI is InChI=1S/C25H50OSi2/c1-7-9-11-13-15-17-19-21-25(22-20-18-16-14-12-10-8-2)23-24-27(3,4)28(5,6)26-25/h7-8H,1-2,9-24H2,3-6H3. The highest BCUT2D eigenvalue weighted by molar-refractivity contribution is 7.38. The molecule has 3 heteroatoms. The Morgan fingerprint density at radius 2 is 1.14 bits per heavy atom. The molecule has 0 unspecified atom stereocenters. The van der Waals surface area contributed by atoms with Crippen LogP contribution in [0, 0.1) is 0 Å². The van der Waals surface area contributed by atoms with Crippen LogP contribution in [0.3, 0.4) is 0 Å². The maximum Gasteiger partial charge on any atom is 0.174 e. The van der Waals surface area contributed by atoms with E-state index in [1.54, 1.807) is 0 Å². The van der Waals surface area contributed by atoms with E-state index < -0.39 is 15.4 Å². The van der Waals surface area contributed by atoms with Gasteiger partial charge < -0.3 is 4.43 Å². The zero-order valence-corrected chi connectivity index (χ0v) is 21.8. The highest BCUT2D eigenvalue weighted by Gasteiger charge is 2.52. The van der Waals surface area contributed by atoms with Crippen molar-refractivity contribution in [2.45, 2.75) is 134 Å². The molecule has 28 heavy (non-hydrogen) atoms. The molecular weight excluding hydrogens is 372 g/mol. The van der Waals surface area contributed by atoms with E-state index in [4.69, 9.17) is 4.43 Å². The summed E-state index contributed by atoms with van der Waals surface area (Å²) in [5.74, 6) is 0. The van der Waals surface area contributed by atoms with Crippen molar-refractivity contribution in [3.63, 3.8) is 0 Å². The molecule has 1 aliphatic heterocycles. The minimum atomic E-state index is -1.51. The van der Waals surface area contributed by atoms with E-state index >= 15 is 0 Å². The zero-order chi connectivity index (χ0) is 20.9. The summed E-state index contributed by atoms with van der Waals surface area (Å²) in [4.78, 5) is 0. The molecule has 0 spiro atoms. The third kappa shape index (κ3) is 9.13. The molecule has 0 N–H and O–H groups in total. The fourth-order valence-corrected chi connectivity index (χ4v) is 11.6. The maximum atomic E-state index is 7.14. The van der Waals surface area contributed by atoms with Crippen molar-refractivity contribution in [2.24, 2.45) is 0 Å². The lowest BCUT2D eigenvalue weighted by molar-refractivity contribution is 0.0298. The van der Waals surface area contributed by atoms with E-state index in [0.717, 1.165) is 0 Å². The van der Waals surface area contributed by atoms with Crippen LogP contribution in [-0.2, 0) is 4.43 Å². The first kappa shape index (κ1) is 25.9. The van der Waals surface area contributed by atoms with Crippen molar-refractivity contribution in [1.82, 2.24) is 0 Å². The van der Waals surface area contributed by atoms with Crippen LogP contribution in [0.1, 0.15) is 96.3 Å². The molecule has 0 atom stereocenters. The molecule has 0 radical (unpaired) electrons. The molecule has 164 valence electrons. The van der Waals surface area contributed by atoms with Crippen LogP contribution >= 0.6 is 0 Å². The lowest BCUT2D eigenvalue weighted by Crippen LogP contribution is -2.65. The molecule has 1 fully saturated rings. The highest BCUT2D eigenvalue weighted by Crippen LogP contribution is 2.44. The van der Waals surface area contributed by atoms with Crippen molar-refractivity contribution in [3.05, 3.63) is 25.3 Å². The zero-order valence-electron chi connectivity index (χ0n) is 19.8. The van der Waals surface area contributed by atoms with Crippen LogP contribution < -0.4 is 0 Å². The molecule has 0 amide bonds. The Hall–Kier alpha value is -0.126. The van der Waals surface area contributed by atoms with E-state index in [1.165, 1.54) is 102 Å². The third-order valence-electron chi connectivity index (χ3n) is 7.39. The van der Waals surface area contributed by atoms with Crippen molar-refractivity contribution < 1.29 is 4.43 Å². The van der Waals surface area contributed by atoms with Gasteiger partial charge in [-0.15, -0.1) is 13.2 Å². The Kier molecular flexibility index (Phi) is 12.2. The predicted molar refractivity (Wildman–Crippen MR) is 133 cm³/mol. The number of hydrogen-bond acceptors (Lipinski definition) is 1. The molecule has 0 bridgehead atoms. The molecule has 0 aromatic carbocycles. The summed E-state index contributed by atoms with van der Waals surface area (Å²) in [6, 6.07) is 1.49. The Balaban J connectivity index is 2.48. The van der Waals surface area contributed by atoms with Gasteiger partial charge in [-0.25, -0.2) is 0 Å². The maximum absolute atomic E-state index is 7.14. The average molecular weight is 423 g/mol. The number of hydrogen-bond donors (Lipinski definition) is 0. The third-order valence-corrected chi connectivity index (χ3v) is 23.9. The summed E-state index contributed by atoms with van der Waals surface area (Å²) < 4.78 is 7.14. The molecule has 0 saturated carbocycles. The van der Waals surface area contributed by atoms with Gasteiger partial charge in [-0.3, -0.25) is 0 Å². The van der Waals surface area contributed by atoms with Gasteiger partial charge in [-0.1, -0.05) is 82.7 Å². The Bertz CT molecular complexity index is 420. The summed E-state index contributed by atoms with van der Waals surface area (Å²) in [5, 5.41) is 0. The molecule has 0 aliphatic carbocycles. The molecule has 0 aromatic heterocycles. The van der Waals surface area contributed by atoms with Gasteiger partial charge in [0.05, 0.1) is 13.2 Å². The summed E-state index contributed by atoms with van der Waals surface area (Å²) in [5.41, 5.74) is 0.223. The Labute approximate surface area is 179 Å². The second-order valence-electron chi connectivity index (χ2n) is 10.4. The van der Waals surface area contributed by atoms with Crippen LogP contribution in [0.4, 0.5) is 0 Å². The first-order chi connectivity index (χ1) is 13.3. The molecule has 1 heterocycles. The van der Waals surface area contributed by atoms with E-state index in [1.807, 2.05) is 0 Å². The van der Waals surface area contributed by atoms with Crippen LogP contribution in [0.15, 0.2) is 25.3 Å². The van der Waals surface area contributed by atoms with Crippen LogP contribution in [0.2, 0.25) is 32.2 Å². The first-order valence-corrected chi connectivity index (χ1v) is 19.3. The highest BCUT2D eigenvalue weighted by atomic mass is 29.3. The van der Waals surface area contributed by atoms with Gasteiger partial charge in [0.15, 0.2) is 7.83 Å².